The van der Waals surface area contributed by atoms with E-state index in [4.69, 9.17) is 4.98 Å². The van der Waals surface area contributed by atoms with Crippen LogP contribution in [0.3, 0.4) is 0 Å². The van der Waals surface area contributed by atoms with Gasteiger partial charge < -0.3 is 24.6 Å². The van der Waals surface area contributed by atoms with Crippen molar-refractivity contribution in [3.63, 3.8) is 0 Å². The quantitative estimate of drug-likeness (QED) is 0.252. The van der Waals surface area contributed by atoms with Crippen molar-refractivity contribution >= 4 is 63.8 Å². The van der Waals surface area contributed by atoms with Crippen molar-refractivity contribution in [2.45, 2.75) is 56.7 Å². The predicted octanol–water partition coefficient (Wildman–Crippen LogP) is 3.04. The normalized spacial score (nSPS) is 20.6. The fourth-order valence-corrected chi connectivity index (χ4v) is 8.85. The van der Waals surface area contributed by atoms with Gasteiger partial charge in [0.2, 0.25) is 17.8 Å². The number of piperazine rings is 1. The van der Waals surface area contributed by atoms with E-state index < -0.39 is 29.7 Å². The molecular formula is C41H44N10O6. The Hall–Kier alpha value is -6.16. The van der Waals surface area contributed by atoms with Crippen LogP contribution >= 0.6 is 0 Å². The van der Waals surface area contributed by atoms with Crippen LogP contribution in [0.1, 0.15) is 86.1 Å². The number of fused-ring (bicyclic) bond motifs is 2. The van der Waals surface area contributed by atoms with Crippen molar-refractivity contribution in [2.75, 3.05) is 63.6 Å². The number of carbonyl (C=O) groups excluding carboxylic acids is 6. The molecule has 2 N–H and O–H groups in total. The largest absolute Gasteiger partial charge is 0.369 e. The van der Waals surface area contributed by atoms with Crippen LogP contribution in [0.15, 0.2) is 54.7 Å². The second-order valence-electron chi connectivity index (χ2n) is 15.8. The van der Waals surface area contributed by atoms with Gasteiger partial charge in [-0.1, -0.05) is 12.8 Å². The molecule has 1 aliphatic carbocycles. The molecule has 4 fully saturated rings. The van der Waals surface area contributed by atoms with Crippen LogP contribution < -0.4 is 15.5 Å². The van der Waals surface area contributed by atoms with E-state index in [9.17, 15) is 28.8 Å². The summed E-state index contributed by atoms with van der Waals surface area (Å²) in [7, 11) is 3.51. The van der Waals surface area contributed by atoms with Gasteiger partial charge in [-0.05, 0) is 67.8 Å². The fourth-order valence-electron chi connectivity index (χ4n) is 8.85. The third-order valence-electron chi connectivity index (χ3n) is 12.0. The maximum atomic E-state index is 13.4. The van der Waals surface area contributed by atoms with Gasteiger partial charge in [0.1, 0.15) is 17.4 Å². The molecule has 3 saturated heterocycles. The van der Waals surface area contributed by atoms with Gasteiger partial charge in [-0.25, -0.2) is 4.98 Å². The zero-order chi connectivity index (χ0) is 39.5. The first-order chi connectivity index (χ1) is 27.5. The summed E-state index contributed by atoms with van der Waals surface area (Å²) in [5.41, 5.74) is 4.09. The topological polar surface area (TPSA) is 173 Å². The molecule has 2 aromatic heterocycles. The SMILES string of the molecule is CN(C)C(=O)c1cc2cnc(Nc3ccc(C(=O)N4CC(N5CCN(c6ccc7c(c6)C(=O)N(C6CCC(=O)NC6=O)C7=O)CC5)C4)cc3)nc2n1C1CCCC1. The second-order valence-corrected chi connectivity index (χ2v) is 15.8. The summed E-state index contributed by atoms with van der Waals surface area (Å²) in [4.78, 5) is 95.3. The Labute approximate surface area is 328 Å². The summed E-state index contributed by atoms with van der Waals surface area (Å²) in [6.45, 7) is 4.27. The Morgan fingerprint density at radius 3 is 2.26 bits per heavy atom. The van der Waals surface area contributed by atoms with Crippen LogP contribution in [0.25, 0.3) is 11.0 Å². The van der Waals surface area contributed by atoms with Crippen molar-refractivity contribution in [1.82, 2.24) is 39.5 Å². The van der Waals surface area contributed by atoms with Crippen LogP contribution in [0.5, 0.6) is 0 Å². The highest BCUT2D eigenvalue weighted by molar-refractivity contribution is 6.23. The highest BCUT2D eigenvalue weighted by Crippen LogP contribution is 2.35. The minimum absolute atomic E-state index is 0.0229. The number of carbonyl (C=O) groups is 6. The molecular weight excluding hydrogens is 729 g/mol. The number of rotatable bonds is 8. The molecule has 1 atom stereocenters. The monoisotopic (exact) mass is 772 g/mol. The third kappa shape index (κ3) is 6.56. The molecule has 0 radical (unpaired) electrons. The summed E-state index contributed by atoms with van der Waals surface area (Å²) < 4.78 is 2.09. The van der Waals surface area contributed by atoms with Gasteiger partial charge in [0.15, 0.2) is 0 Å². The highest BCUT2D eigenvalue weighted by Gasteiger charge is 2.45. The van der Waals surface area contributed by atoms with Crippen LogP contribution in [0, 0.1) is 0 Å². The number of imide groups is 2. The predicted molar refractivity (Wildman–Crippen MR) is 209 cm³/mol. The first kappa shape index (κ1) is 36.5. The molecule has 16 nitrogen and oxygen atoms in total. The number of anilines is 3. The van der Waals surface area contributed by atoms with Gasteiger partial charge in [0, 0.05) is 100 Å². The van der Waals surface area contributed by atoms with Gasteiger partial charge in [-0.2, -0.15) is 4.98 Å². The molecule has 1 saturated carbocycles. The van der Waals surface area contributed by atoms with Gasteiger partial charge in [0.05, 0.1) is 11.1 Å². The molecule has 1 unspecified atom stereocenters. The van der Waals surface area contributed by atoms with Crippen LogP contribution in [0.4, 0.5) is 17.3 Å². The van der Waals surface area contributed by atoms with Gasteiger partial charge in [-0.3, -0.25) is 43.9 Å². The Bertz CT molecular complexity index is 2320. The number of aromatic nitrogens is 3. The molecule has 4 aromatic rings. The molecule has 4 aliphatic heterocycles. The fraction of sp³-hybridized carbons (Fsp3) is 0.415. The highest BCUT2D eigenvalue weighted by atomic mass is 16.2. The standard InChI is InChI=1S/C41H44N10O6/c1-46(2)40(57)33-19-25-21-42-41(45-35(25)50(33)27-5-3-4-6-27)43-26-9-7-24(8-10-26)37(54)49-22-29(23-49)48-17-15-47(16-18-48)28-11-12-30-31(20-28)39(56)51(38(30)55)32-13-14-34(52)44-36(32)53/h7-12,19-21,27,29,32H,3-6,13-18,22-23H2,1-2H3,(H,42,43,45)(H,44,52,53). The van der Waals surface area contributed by atoms with Crippen molar-refractivity contribution in [3.05, 3.63) is 77.1 Å². The lowest BCUT2D eigenvalue weighted by Gasteiger charge is -2.48. The first-order valence-electron chi connectivity index (χ1n) is 19.6. The van der Waals surface area contributed by atoms with Crippen molar-refractivity contribution < 1.29 is 28.8 Å². The van der Waals surface area contributed by atoms with Crippen molar-refractivity contribution in [2.24, 2.45) is 0 Å². The van der Waals surface area contributed by atoms with E-state index in [1.165, 1.54) is 0 Å². The van der Waals surface area contributed by atoms with Crippen molar-refractivity contribution in [3.8, 4) is 0 Å². The van der Waals surface area contributed by atoms with E-state index in [0.717, 1.165) is 79.2 Å². The Morgan fingerprint density at radius 2 is 1.56 bits per heavy atom. The second kappa shape index (κ2) is 14.4. The van der Waals surface area contributed by atoms with Crippen LogP contribution in [-0.4, -0.2) is 135 Å². The van der Waals surface area contributed by atoms with E-state index >= 15 is 0 Å². The Balaban J connectivity index is 0.784. The van der Waals surface area contributed by atoms with E-state index in [1.54, 1.807) is 37.3 Å². The van der Waals surface area contributed by atoms with E-state index in [0.29, 0.717) is 30.3 Å². The molecule has 0 spiro atoms. The van der Waals surface area contributed by atoms with Gasteiger partial charge in [0.25, 0.3) is 23.6 Å². The number of likely N-dealkylation sites (tertiary alicyclic amines) is 1. The van der Waals surface area contributed by atoms with E-state index in [2.05, 4.69) is 30.0 Å². The summed E-state index contributed by atoms with van der Waals surface area (Å²) in [5, 5.41) is 6.33. The molecule has 5 aliphatic rings. The third-order valence-corrected chi connectivity index (χ3v) is 12.0. The number of hydrogen-bond donors (Lipinski definition) is 2. The molecule has 16 heteroatoms. The minimum Gasteiger partial charge on any atom is -0.369 e. The molecule has 6 heterocycles. The van der Waals surface area contributed by atoms with E-state index in [1.807, 2.05) is 41.3 Å². The Morgan fingerprint density at radius 1 is 0.842 bits per heavy atom. The van der Waals surface area contributed by atoms with Gasteiger partial charge in [-0.15, -0.1) is 0 Å². The zero-order valence-electron chi connectivity index (χ0n) is 31.9. The lowest BCUT2D eigenvalue weighted by molar-refractivity contribution is -0.136. The molecule has 0 bridgehead atoms. The van der Waals surface area contributed by atoms with Crippen molar-refractivity contribution in [1.29, 1.82) is 0 Å². The number of piperidine rings is 1. The maximum Gasteiger partial charge on any atom is 0.270 e. The first-order valence-corrected chi connectivity index (χ1v) is 19.6. The Kier molecular flexibility index (Phi) is 9.22. The number of nitrogens with one attached hydrogen (secondary N) is 2. The number of hydrogen-bond acceptors (Lipinski definition) is 11. The smallest absolute Gasteiger partial charge is 0.270 e. The average molecular weight is 773 g/mol. The molecule has 9 rings (SSSR count). The lowest BCUT2D eigenvalue weighted by Crippen LogP contribution is -2.64. The molecule has 57 heavy (non-hydrogen) atoms. The molecule has 6 amide bonds. The minimum atomic E-state index is -0.994. The number of benzene rings is 2. The summed E-state index contributed by atoms with van der Waals surface area (Å²) in [5.74, 6) is -1.71. The average Bonchev–Trinajstić information content (AvgIpc) is 3.91. The molecule has 294 valence electrons. The molecule has 2 aromatic carbocycles. The van der Waals surface area contributed by atoms with Crippen LogP contribution in [-0.2, 0) is 9.59 Å². The lowest BCUT2D eigenvalue weighted by atomic mass is 10.0. The van der Waals surface area contributed by atoms with Crippen LogP contribution in [0.2, 0.25) is 0 Å². The maximum absolute atomic E-state index is 13.4. The summed E-state index contributed by atoms with van der Waals surface area (Å²) in [6, 6.07) is 13.9. The van der Waals surface area contributed by atoms with E-state index in [-0.39, 0.29) is 47.9 Å². The summed E-state index contributed by atoms with van der Waals surface area (Å²) >= 11 is 0. The number of amides is 6. The summed E-state index contributed by atoms with van der Waals surface area (Å²) in [6.07, 6.45) is 6.22. The van der Waals surface area contributed by atoms with Gasteiger partial charge >= 0.3 is 0 Å². The zero-order valence-corrected chi connectivity index (χ0v) is 31.9. The number of nitrogens with zero attached hydrogens (tertiary/aromatic N) is 8.